The van der Waals surface area contributed by atoms with Gasteiger partial charge < -0.3 is 24.3 Å². The first kappa shape index (κ1) is 19.1. The predicted octanol–water partition coefficient (Wildman–Crippen LogP) is 1.04. The van der Waals surface area contributed by atoms with Crippen LogP contribution in [-0.2, 0) is 16.0 Å². The molecule has 0 aliphatic heterocycles. The fourth-order valence-electron chi connectivity index (χ4n) is 1.76. The molecule has 0 aliphatic carbocycles. The van der Waals surface area contributed by atoms with Gasteiger partial charge in [-0.3, -0.25) is 4.79 Å². The Bertz CT molecular complexity index is 559. The molecule has 0 radical (unpaired) electrons. The number of halogens is 1. The molecule has 2 aromatic rings. The largest absolute Gasteiger partial charge is 0.461 e. The highest BCUT2D eigenvalue weighted by atomic mass is 35.5. The van der Waals surface area contributed by atoms with Gasteiger partial charge in [0.1, 0.15) is 0 Å². The number of hydrogen-bond acceptors (Lipinski definition) is 7. The lowest BCUT2D eigenvalue weighted by molar-refractivity contribution is -0.121. The van der Waals surface area contributed by atoms with Gasteiger partial charge in [0.05, 0.1) is 12.9 Å². The zero-order valence-electron chi connectivity index (χ0n) is 12.9. The van der Waals surface area contributed by atoms with Crippen molar-refractivity contribution < 1.29 is 18.5 Å². The second-order valence-corrected chi connectivity index (χ2v) is 4.58. The minimum absolute atomic E-state index is 0. The molecule has 0 saturated carbocycles. The fraction of sp³-hybridized carbons (Fsp3) is 0.500. The van der Waals surface area contributed by atoms with Crippen LogP contribution in [0.3, 0.4) is 0 Å². The fourth-order valence-corrected chi connectivity index (χ4v) is 1.76. The van der Waals surface area contributed by atoms with Crippen LogP contribution in [0.25, 0.3) is 11.6 Å². The van der Waals surface area contributed by atoms with Crippen LogP contribution in [0.4, 0.5) is 0 Å². The second kappa shape index (κ2) is 10.8. The van der Waals surface area contributed by atoms with Crippen LogP contribution in [0.1, 0.15) is 12.3 Å². The topological polar surface area (TPSA) is 102 Å². The van der Waals surface area contributed by atoms with E-state index >= 15 is 0 Å². The molecule has 2 rings (SSSR count). The first-order valence-corrected chi connectivity index (χ1v) is 7.12. The normalized spacial score (nSPS) is 10.3. The predicted molar refractivity (Wildman–Crippen MR) is 85.3 cm³/mol. The second-order valence-electron chi connectivity index (χ2n) is 4.58. The Hall–Kier alpha value is -1.90. The van der Waals surface area contributed by atoms with Gasteiger partial charge in [-0.25, -0.2) is 0 Å². The molecular weight excluding hydrogens is 324 g/mol. The van der Waals surface area contributed by atoms with Crippen LogP contribution in [0.15, 0.2) is 27.3 Å². The van der Waals surface area contributed by atoms with Gasteiger partial charge in [0, 0.05) is 39.6 Å². The quantitative estimate of drug-likeness (QED) is 0.621. The zero-order chi connectivity index (χ0) is 15.6. The highest BCUT2D eigenvalue weighted by molar-refractivity contribution is 5.85. The van der Waals surface area contributed by atoms with Crippen molar-refractivity contribution in [3.8, 4) is 11.6 Å². The van der Waals surface area contributed by atoms with E-state index in [-0.39, 0.29) is 18.3 Å². The lowest BCUT2D eigenvalue weighted by Crippen LogP contribution is -2.33. The zero-order valence-corrected chi connectivity index (χ0v) is 13.7. The minimum Gasteiger partial charge on any atom is -0.461 e. The Kier molecular flexibility index (Phi) is 8.96. The molecule has 0 bridgehead atoms. The van der Waals surface area contributed by atoms with Crippen LogP contribution >= 0.6 is 12.4 Å². The number of carbonyl (C=O) groups is 1. The summed E-state index contributed by atoms with van der Waals surface area (Å²) in [5.74, 6) is 1.30. The summed E-state index contributed by atoms with van der Waals surface area (Å²) in [5, 5.41) is 9.76. The van der Waals surface area contributed by atoms with Crippen LogP contribution < -0.4 is 10.6 Å². The summed E-state index contributed by atoms with van der Waals surface area (Å²) >= 11 is 0. The Balaban J connectivity index is 0.00000264. The molecule has 23 heavy (non-hydrogen) atoms. The van der Waals surface area contributed by atoms with Crippen LogP contribution in [0.5, 0.6) is 0 Å². The number of methoxy groups -OCH3 is 1. The average molecular weight is 345 g/mol. The molecule has 0 spiro atoms. The third kappa shape index (κ3) is 6.81. The van der Waals surface area contributed by atoms with E-state index in [9.17, 15) is 4.79 Å². The monoisotopic (exact) mass is 344 g/mol. The van der Waals surface area contributed by atoms with Crippen molar-refractivity contribution in [1.29, 1.82) is 0 Å². The standard InChI is InChI=1S/C14H20N4O4.ClH/c1-20-10-8-15-6-7-16-12(19)4-5-13-17-14(18-22-13)11-3-2-9-21-11;/h2-3,9,15H,4-8,10H2,1H3,(H,16,19);1H. The Morgan fingerprint density at radius 2 is 2.22 bits per heavy atom. The van der Waals surface area contributed by atoms with Crippen LogP contribution in [0.2, 0.25) is 0 Å². The van der Waals surface area contributed by atoms with E-state index in [1.807, 2.05) is 0 Å². The third-order valence-corrected chi connectivity index (χ3v) is 2.88. The van der Waals surface area contributed by atoms with Crippen molar-refractivity contribution in [1.82, 2.24) is 20.8 Å². The molecule has 0 atom stereocenters. The Labute approximate surface area is 140 Å². The summed E-state index contributed by atoms with van der Waals surface area (Å²) in [7, 11) is 1.65. The first-order valence-electron chi connectivity index (χ1n) is 7.12. The van der Waals surface area contributed by atoms with Crippen LogP contribution in [-0.4, -0.2) is 49.4 Å². The van der Waals surface area contributed by atoms with Crippen molar-refractivity contribution in [2.24, 2.45) is 0 Å². The van der Waals surface area contributed by atoms with E-state index < -0.39 is 0 Å². The molecule has 0 fully saturated rings. The molecular formula is C14H21ClN4O4. The van der Waals surface area contributed by atoms with E-state index in [0.717, 1.165) is 6.54 Å². The molecule has 2 aromatic heterocycles. The number of amides is 1. The van der Waals surface area contributed by atoms with Gasteiger partial charge in [0.25, 0.3) is 0 Å². The molecule has 2 heterocycles. The van der Waals surface area contributed by atoms with Crippen molar-refractivity contribution >= 4 is 18.3 Å². The number of ether oxygens (including phenoxy) is 1. The summed E-state index contributed by atoms with van der Waals surface area (Å²) in [5.41, 5.74) is 0. The third-order valence-electron chi connectivity index (χ3n) is 2.88. The van der Waals surface area contributed by atoms with E-state index in [2.05, 4.69) is 20.8 Å². The van der Waals surface area contributed by atoms with Gasteiger partial charge in [0.15, 0.2) is 5.76 Å². The van der Waals surface area contributed by atoms with E-state index in [4.69, 9.17) is 13.7 Å². The molecule has 1 amide bonds. The molecule has 0 saturated heterocycles. The van der Waals surface area contributed by atoms with Gasteiger partial charge >= 0.3 is 0 Å². The number of furan rings is 1. The van der Waals surface area contributed by atoms with Gasteiger partial charge in [-0.2, -0.15) is 4.98 Å². The SMILES string of the molecule is COCCNCCNC(=O)CCc1nc(-c2ccco2)no1.Cl. The van der Waals surface area contributed by atoms with Gasteiger partial charge in [-0.15, -0.1) is 12.4 Å². The Morgan fingerprint density at radius 1 is 1.35 bits per heavy atom. The number of hydrogen-bond donors (Lipinski definition) is 2. The van der Waals surface area contributed by atoms with Gasteiger partial charge in [-0.05, 0) is 12.1 Å². The smallest absolute Gasteiger partial charge is 0.238 e. The molecule has 9 heteroatoms. The maximum atomic E-state index is 11.7. The highest BCUT2D eigenvalue weighted by Crippen LogP contribution is 2.16. The first-order chi connectivity index (χ1) is 10.8. The van der Waals surface area contributed by atoms with E-state index in [1.54, 1.807) is 25.5 Å². The molecule has 0 aromatic carbocycles. The summed E-state index contributed by atoms with van der Waals surface area (Å²) in [6, 6.07) is 3.50. The van der Waals surface area contributed by atoms with Gasteiger partial charge in [-0.1, -0.05) is 5.16 Å². The van der Waals surface area contributed by atoms with Crippen molar-refractivity contribution in [2.45, 2.75) is 12.8 Å². The van der Waals surface area contributed by atoms with Crippen molar-refractivity contribution in [3.05, 3.63) is 24.3 Å². The van der Waals surface area contributed by atoms with Crippen molar-refractivity contribution in [3.63, 3.8) is 0 Å². The van der Waals surface area contributed by atoms with E-state index in [1.165, 1.54) is 0 Å². The molecule has 128 valence electrons. The number of rotatable bonds is 10. The number of nitrogens with zero attached hydrogens (tertiary/aromatic N) is 2. The number of carbonyl (C=O) groups excluding carboxylic acids is 1. The lowest BCUT2D eigenvalue weighted by Gasteiger charge is -2.05. The minimum atomic E-state index is -0.0497. The summed E-state index contributed by atoms with van der Waals surface area (Å²) < 4.78 is 15.2. The van der Waals surface area contributed by atoms with Crippen molar-refractivity contribution in [2.75, 3.05) is 33.4 Å². The van der Waals surface area contributed by atoms with Crippen LogP contribution in [0, 0.1) is 0 Å². The maximum absolute atomic E-state index is 11.7. The number of aryl methyl sites for hydroxylation is 1. The van der Waals surface area contributed by atoms with Gasteiger partial charge in [0.2, 0.25) is 17.6 Å². The summed E-state index contributed by atoms with van der Waals surface area (Å²) in [4.78, 5) is 15.8. The van der Waals surface area contributed by atoms with E-state index in [0.29, 0.717) is 50.0 Å². The Morgan fingerprint density at radius 3 is 2.96 bits per heavy atom. The highest BCUT2D eigenvalue weighted by Gasteiger charge is 2.12. The molecule has 0 unspecified atom stereocenters. The number of nitrogens with one attached hydrogen (secondary N) is 2. The molecule has 0 aliphatic rings. The average Bonchev–Trinajstić information content (AvgIpc) is 3.19. The summed E-state index contributed by atoms with van der Waals surface area (Å²) in [6.07, 6.45) is 2.24. The molecule has 8 nitrogen and oxygen atoms in total. The lowest BCUT2D eigenvalue weighted by atomic mass is 10.3. The molecule has 2 N–H and O–H groups in total. The summed E-state index contributed by atoms with van der Waals surface area (Å²) in [6.45, 7) is 2.70. The number of aromatic nitrogens is 2. The maximum Gasteiger partial charge on any atom is 0.238 e.